The lowest BCUT2D eigenvalue weighted by Gasteiger charge is -2.30. The van der Waals surface area contributed by atoms with E-state index < -0.39 is 0 Å². The number of aliphatic hydroxyl groups excluding tert-OH is 1. The van der Waals surface area contributed by atoms with Gasteiger partial charge in [0.25, 0.3) is 0 Å². The maximum Gasteiger partial charge on any atom is 0.0588 e. The first-order valence-corrected chi connectivity index (χ1v) is 4.76. The number of benzene rings is 1. The summed E-state index contributed by atoms with van der Waals surface area (Å²) in [5.41, 5.74) is 2.74. The van der Waals surface area contributed by atoms with Crippen molar-refractivity contribution in [2.24, 2.45) is 0 Å². The van der Waals surface area contributed by atoms with Crippen molar-refractivity contribution in [3.05, 3.63) is 35.4 Å². The fraction of sp³-hybridized carbons (Fsp3) is 0.455. The van der Waals surface area contributed by atoms with Gasteiger partial charge in [-0.25, -0.2) is 0 Å². The van der Waals surface area contributed by atoms with Crippen molar-refractivity contribution >= 4 is 0 Å². The molecule has 1 aliphatic heterocycles. The van der Waals surface area contributed by atoms with Crippen LogP contribution in [-0.4, -0.2) is 17.8 Å². The molecule has 2 rings (SSSR count). The fourth-order valence-electron chi connectivity index (χ4n) is 2.03. The van der Waals surface area contributed by atoms with Crippen LogP contribution < -0.4 is 5.32 Å². The predicted octanol–water partition coefficient (Wildman–Crippen LogP) is 1.25. The summed E-state index contributed by atoms with van der Waals surface area (Å²) in [4.78, 5) is 0. The van der Waals surface area contributed by atoms with Gasteiger partial charge >= 0.3 is 0 Å². The van der Waals surface area contributed by atoms with Gasteiger partial charge < -0.3 is 10.4 Å². The Bertz CT molecular complexity index is 298. The molecule has 1 aliphatic rings. The summed E-state index contributed by atoms with van der Waals surface area (Å²) < 4.78 is 0. The van der Waals surface area contributed by atoms with Crippen LogP contribution in [0, 0.1) is 0 Å². The van der Waals surface area contributed by atoms with E-state index in [1.54, 1.807) is 0 Å². The third-order valence-corrected chi connectivity index (χ3v) is 2.69. The van der Waals surface area contributed by atoms with E-state index in [1.807, 2.05) is 0 Å². The molecule has 2 heteroatoms. The molecular weight excluding hydrogens is 162 g/mol. The van der Waals surface area contributed by atoms with Gasteiger partial charge in [0.15, 0.2) is 0 Å². The van der Waals surface area contributed by atoms with Gasteiger partial charge in [-0.05, 0) is 24.5 Å². The Morgan fingerprint density at radius 3 is 3.00 bits per heavy atom. The second-order valence-electron chi connectivity index (χ2n) is 3.67. The summed E-state index contributed by atoms with van der Waals surface area (Å²) in [6.45, 7) is 2.36. The molecule has 1 heterocycles. The zero-order chi connectivity index (χ0) is 9.26. The van der Waals surface area contributed by atoms with Crippen molar-refractivity contribution in [2.75, 3.05) is 6.61 Å². The number of fused-ring (bicyclic) bond motifs is 1. The highest BCUT2D eigenvalue weighted by Gasteiger charge is 2.21. The third-order valence-electron chi connectivity index (χ3n) is 2.69. The van der Waals surface area contributed by atoms with E-state index in [0.717, 1.165) is 6.42 Å². The van der Waals surface area contributed by atoms with Crippen LogP contribution in [0.2, 0.25) is 0 Å². The van der Waals surface area contributed by atoms with Crippen LogP contribution in [0.25, 0.3) is 0 Å². The highest BCUT2D eigenvalue weighted by molar-refractivity contribution is 5.32. The van der Waals surface area contributed by atoms with E-state index in [1.165, 1.54) is 11.1 Å². The number of hydrogen-bond acceptors (Lipinski definition) is 2. The average Bonchev–Trinajstić information content (AvgIpc) is 2.18. The van der Waals surface area contributed by atoms with Crippen LogP contribution in [0.4, 0.5) is 0 Å². The molecule has 13 heavy (non-hydrogen) atoms. The van der Waals surface area contributed by atoms with E-state index in [0.29, 0.717) is 6.04 Å². The van der Waals surface area contributed by atoms with Crippen LogP contribution in [0.1, 0.15) is 24.1 Å². The van der Waals surface area contributed by atoms with Crippen LogP contribution in [0.5, 0.6) is 0 Å². The van der Waals surface area contributed by atoms with E-state index in [2.05, 4.69) is 36.5 Å². The molecule has 0 bridgehead atoms. The Morgan fingerprint density at radius 1 is 1.46 bits per heavy atom. The number of aliphatic hydroxyl groups is 1. The molecule has 0 aliphatic carbocycles. The minimum atomic E-state index is 0.221. The standard InChI is InChI=1S/C11H15NO/c1-8-11-5-3-2-4-9(11)6-10(7-13)12-8/h2-5,8,10,12-13H,6-7H2,1H3. The molecule has 70 valence electrons. The van der Waals surface area contributed by atoms with Gasteiger partial charge in [-0.1, -0.05) is 24.3 Å². The summed E-state index contributed by atoms with van der Waals surface area (Å²) in [6, 6.07) is 9.02. The van der Waals surface area contributed by atoms with Crippen molar-refractivity contribution in [3.63, 3.8) is 0 Å². The summed E-state index contributed by atoms with van der Waals surface area (Å²) >= 11 is 0. The Balaban J connectivity index is 2.31. The normalized spacial score (nSPS) is 26.9. The summed E-state index contributed by atoms with van der Waals surface area (Å²) in [6.07, 6.45) is 0.941. The van der Waals surface area contributed by atoms with E-state index in [-0.39, 0.29) is 12.6 Å². The molecule has 0 fully saturated rings. The van der Waals surface area contributed by atoms with Gasteiger partial charge in [0.05, 0.1) is 6.61 Å². The van der Waals surface area contributed by atoms with Crippen LogP contribution in [-0.2, 0) is 6.42 Å². The number of hydrogen-bond donors (Lipinski definition) is 2. The maximum absolute atomic E-state index is 9.07. The topological polar surface area (TPSA) is 32.3 Å². The Morgan fingerprint density at radius 2 is 2.23 bits per heavy atom. The molecule has 0 aromatic heterocycles. The minimum absolute atomic E-state index is 0.221. The first-order chi connectivity index (χ1) is 6.31. The first-order valence-electron chi connectivity index (χ1n) is 4.76. The highest BCUT2D eigenvalue weighted by Crippen LogP contribution is 2.24. The average molecular weight is 177 g/mol. The smallest absolute Gasteiger partial charge is 0.0588 e. The molecule has 1 aromatic carbocycles. The van der Waals surface area contributed by atoms with E-state index in [4.69, 9.17) is 5.11 Å². The summed E-state index contributed by atoms with van der Waals surface area (Å²) in [5.74, 6) is 0. The molecule has 1 aromatic rings. The largest absolute Gasteiger partial charge is 0.395 e. The number of rotatable bonds is 1. The molecule has 0 saturated carbocycles. The molecule has 0 amide bonds. The molecular formula is C11H15NO. The Kier molecular flexibility index (Phi) is 2.34. The van der Waals surface area contributed by atoms with Crippen molar-refractivity contribution in [3.8, 4) is 0 Å². The van der Waals surface area contributed by atoms with Crippen LogP contribution in [0.15, 0.2) is 24.3 Å². The second kappa shape index (κ2) is 3.48. The lowest BCUT2D eigenvalue weighted by molar-refractivity contribution is 0.226. The summed E-state index contributed by atoms with van der Waals surface area (Å²) in [7, 11) is 0. The molecule has 0 saturated heterocycles. The zero-order valence-electron chi connectivity index (χ0n) is 7.83. The molecule has 0 spiro atoms. The Labute approximate surface area is 78.6 Å². The highest BCUT2D eigenvalue weighted by atomic mass is 16.3. The molecule has 2 atom stereocenters. The molecule has 0 radical (unpaired) electrons. The first kappa shape index (κ1) is 8.73. The van der Waals surface area contributed by atoms with Crippen LogP contribution >= 0.6 is 0 Å². The maximum atomic E-state index is 9.07. The lowest BCUT2D eigenvalue weighted by Crippen LogP contribution is -2.40. The lowest BCUT2D eigenvalue weighted by atomic mass is 9.91. The number of nitrogens with one attached hydrogen (secondary N) is 1. The van der Waals surface area contributed by atoms with Crippen molar-refractivity contribution in [1.29, 1.82) is 0 Å². The van der Waals surface area contributed by atoms with E-state index >= 15 is 0 Å². The van der Waals surface area contributed by atoms with Gasteiger partial charge in [0.1, 0.15) is 0 Å². The Hall–Kier alpha value is -0.860. The van der Waals surface area contributed by atoms with Crippen LogP contribution in [0.3, 0.4) is 0 Å². The monoisotopic (exact) mass is 177 g/mol. The summed E-state index contributed by atoms with van der Waals surface area (Å²) in [5, 5.41) is 12.4. The zero-order valence-corrected chi connectivity index (χ0v) is 7.83. The molecule has 2 nitrogen and oxygen atoms in total. The van der Waals surface area contributed by atoms with Crippen molar-refractivity contribution < 1.29 is 5.11 Å². The van der Waals surface area contributed by atoms with Crippen molar-refractivity contribution in [1.82, 2.24) is 5.32 Å². The molecule has 2 unspecified atom stereocenters. The SMILES string of the molecule is CC1NC(CO)Cc2ccccc21. The predicted molar refractivity (Wildman–Crippen MR) is 52.6 cm³/mol. The van der Waals surface area contributed by atoms with Gasteiger partial charge in [-0.2, -0.15) is 0 Å². The van der Waals surface area contributed by atoms with Gasteiger partial charge in [-0.3, -0.25) is 0 Å². The third kappa shape index (κ3) is 1.60. The fourth-order valence-corrected chi connectivity index (χ4v) is 2.03. The van der Waals surface area contributed by atoms with Gasteiger partial charge in [0, 0.05) is 12.1 Å². The van der Waals surface area contributed by atoms with E-state index in [9.17, 15) is 0 Å². The van der Waals surface area contributed by atoms with Gasteiger partial charge in [-0.15, -0.1) is 0 Å². The quantitative estimate of drug-likeness (QED) is 0.676. The molecule has 2 N–H and O–H groups in total. The van der Waals surface area contributed by atoms with Gasteiger partial charge in [0.2, 0.25) is 0 Å². The minimum Gasteiger partial charge on any atom is -0.395 e. The van der Waals surface area contributed by atoms with Crippen molar-refractivity contribution in [2.45, 2.75) is 25.4 Å². The second-order valence-corrected chi connectivity index (χ2v) is 3.67.